The summed E-state index contributed by atoms with van der Waals surface area (Å²) in [6.07, 6.45) is 1.05. The molecule has 1 heterocycles. The first-order chi connectivity index (χ1) is 16.0. The molecule has 0 bridgehead atoms. The van der Waals surface area contributed by atoms with Crippen LogP contribution in [0, 0.1) is 6.92 Å². The van der Waals surface area contributed by atoms with Crippen LogP contribution >= 0.6 is 11.8 Å². The second-order valence-corrected chi connectivity index (χ2v) is 7.49. The number of hydrogen-bond acceptors (Lipinski definition) is 9. The zero-order valence-electron chi connectivity index (χ0n) is 18.7. The van der Waals surface area contributed by atoms with Gasteiger partial charge < -0.3 is 19.1 Å². The Bertz CT molecular complexity index is 1170. The summed E-state index contributed by atoms with van der Waals surface area (Å²) in [5, 5.41) is 14.0. The SMILES string of the molecule is CCOc1cc(CO)cc(C(=Nc2ccc(-c3noc(C)n3)cc2)/C(=N/C(=O)OC)SC)c1. The lowest BCUT2D eigenvalue weighted by atomic mass is 10.1. The number of benzene rings is 2. The lowest BCUT2D eigenvalue weighted by Gasteiger charge is -2.12. The Labute approximate surface area is 195 Å². The van der Waals surface area contributed by atoms with Crippen LogP contribution in [0.15, 0.2) is 57.0 Å². The summed E-state index contributed by atoms with van der Waals surface area (Å²) in [6.45, 7) is 3.88. The number of carbonyl (C=O) groups excluding carboxylic acids is 1. The highest BCUT2D eigenvalue weighted by atomic mass is 32.2. The van der Waals surface area contributed by atoms with Crippen molar-refractivity contribution in [3.05, 3.63) is 59.5 Å². The minimum Gasteiger partial charge on any atom is -0.494 e. The molecule has 0 saturated heterocycles. The average Bonchev–Trinajstić information content (AvgIpc) is 3.27. The second-order valence-electron chi connectivity index (χ2n) is 6.69. The first kappa shape index (κ1) is 24.1. The van der Waals surface area contributed by atoms with Crippen molar-refractivity contribution >= 4 is 34.3 Å². The zero-order valence-corrected chi connectivity index (χ0v) is 19.5. The van der Waals surface area contributed by atoms with Crippen LogP contribution in [-0.2, 0) is 11.3 Å². The van der Waals surface area contributed by atoms with Crippen molar-refractivity contribution in [3.8, 4) is 17.1 Å². The second kappa shape index (κ2) is 11.4. The van der Waals surface area contributed by atoms with Gasteiger partial charge in [-0.05, 0) is 61.2 Å². The van der Waals surface area contributed by atoms with Crippen molar-refractivity contribution in [1.29, 1.82) is 0 Å². The molecule has 0 spiro atoms. The molecule has 0 unspecified atom stereocenters. The van der Waals surface area contributed by atoms with Gasteiger partial charge in [0.15, 0.2) is 0 Å². The Morgan fingerprint density at radius 1 is 1.21 bits per heavy atom. The molecule has 10 heteroatoms. The molecule has 0 aliphatic carbocycles. The van der Waals surface area contributed by atoms with Gasteiger partial charge in [0.1, 0.15) is 16.5 Å². The van der Waals surface area contributed by atoms with E-state index >= 15 is 0 Å². The predicted octanol–water partition coefficient (Wildman–Crippen LogP) is 4.58. The van der Waals surface area contributed by atoms with Gasteiger partial charge in [-0.25, -0.2) is 9.79 Å². The highest BCUT2D eigenvalue weighted by molar-refractivity contribution is 8.15. The number of ether oxygens (including phenoxy) is 2. The molecule has 1 aromatic heterocycles. The smallest absolute Gasteiger partial charge is 0.434 e. The summed E-state index contributed by atoms with van der Waals surface area (Å²) in [5.74, 6) is 1.54. The molecule has 9 nitrogen and oxygen atoms in total. The van der Waals surface area contributed by atoms with Gasteiger partial charge in [-0.3, -0.25) is 0 Å². The predicted molar refractivity (Wildman–Crippen MR) is 128 cm³/mol. The number of aliphatic hydroxyl groups excluding tert-OH is 1. The molecular formula is C23H24N4O5S. The molecule has 0 saturated carbocycles. The maximum Gasteiger partial charge on any atom is 0.434 e. The monoisotopic (exact) mass is 468 g/mol. The van der Waals surface area contributed by atoms with Crippen LogP contribution in [0.1, 0.15) is 23.9 Å². The maximum absolute atomic E-state index is 11.9. The van der Waals surface area contributed by atoms with E-state index in [4.69, 9.17) is 19.0 Å². The summed E-state index contributed by atoms with van der Waals surface area (Å²) < 4.78 is 15.4. The quantitative estimate of drug-likeness (QED) is 0.395. The van der Waals surface area contributed by atoms with E-state index in [2.05, 4.69) is 15.1 Å². The summed E-state index contributed by atoms with van der Waals surface area (Å²) in [5.41, 5.74) is 3.12. The van der Waals surface area contributed by atoms with E-state index in [1.54, 1.807) is 43.5 Å². The van der Waals surface area contributed by atoms with Crippen LogP contribution in [0.3, 0.4) is 0 Å². The summed E-state index contributed by atoms with van der Waals surface area (Å²) in [7, 11) is 1.26. The fraction of sp³-hybridized carbons (Fsp3) is 0.261. The van der Waals surface area contributed by atoms with Crippen molar-refractivity contribution in [3.63, 3.8) is 0 Å². The topological polar surface area (TPSA) is 119 Å². The average molecular weight is 469 g/mol. The Hall–Kier alpha value is -3.50. The summed E-state index contributed by atoms with van der Waals surface area (Å²) in [6, 6.07) is 12.6. The Morgan fingerprint density at radius 3 is 2.55 bits per heavy atom. The van der Waals surface area contributed by atoms with Crippen LogP contribution in [0.5, 0.6) is 5.75 Å². The zero-order chi connectivity index (χ0) is 23.8. The van der Waals surface area contributed by atoms with Crippen LogP contribution in [0.2, 0.25) is 0 Å². The van der Waals surface area contributed by atoms with Gasteiger partial charge in [-0.1, -0.05) is 5.16 Å². The van der Waals surface area contributed by atoms with E-state index < -0.39 is 6.09 Å². The van der Waals surface area contributed by atoms with E-state index in [-0.39, 0.29) is 6.61 Å². The lowest BCUT2D eigenvalue weighted by Crippen LogP contribution is -2.15. The summed E-state index contributed by atoms with van der Waals surface area (Å²) in [4.78, 5) is 24.9. The van der Waals surface area contributed by atoms with Crippen LogP contribution in [0.4, 0.5) is 10.5 Å². The number of amides is 1. The molecule has 0 aliphatic heterocycles. The number of aliphatic hydroxyl groups is 1. The third-order valence-electron chi connectivity index (χ3n) is 4.39. The number of methoxy groups -OCH3 is 1. The number of thioether (sulfide) groups is 1. The third kappa shape index (κ3) is 6.27. The fourth-order valence-corrected chi connectivity index (χ4v) is 3.45. The minimum atomic E-state index is -0.738. The van der Waals surface area contributed by atoms with Crippen molar-refractivity contribution in [2.45, 2.75) is 20.5 Å². The Balaban J connectivity index is 2.11. The molecule has 172 valence electrons. The molecule has 2 aromatic carbocycles. The number of aromatic nitrogens is 2. The molecule has 1 amide bonds. The van der Waals surface area contributed by atoms with E-state index in [9.17, 15) is 9.90 Å². The molecule has 1 N–H and O–H groups in total. The number of aryl methyl sites for hydroxylation is 1. The lowest BCUT2D eigenvalue weighted by molar-refractivity contribution is 0.183. The van der Waals surface area contributed by atoms with E-state index in [0.717, 1.165) is 5.56 Å². The maximum atomic E-state index is 11.9. The molecule has 0 atom stereocenters. The van der Waals surface area contributed by atoms with Gasteiger partial charge in [-0.15, -0.1) is 11.8 Å². The first-order valence-corrected chi connectivity index (χ1v) is 11.3. The van der Waals surface area contributed by atoms with Crippen molar-refractivity contribution in [2.75, 3.05) is 20.0 Å². The highest BCUT2D eigenvalue weighted by Gasteiger charge is 2.17. The minimum absolute atomic E-state index is 0.178. The molecule has 3 rings (SSSR count). The van der Waals surface area contributed by atoms with Crippen LogP contribution < -0.4 is 4.74 Å². The van der Waals surface area contributed by atoms with Gasteiger partial charge >= 0.3 is 6.09 Å². The molecular weight excluding hydrogens is 444 g/mol. The first-order valence-electron chi connectivity index (χ1n) is 10.1. The molecule has 33 heavy (non-hydrogen) atoms. The van der Waals surface area contributed by atoms with Gasteiger partial charge in [-0.2, -0.15) is 9.98 Å². The van der Waals surface area contributed by atoms with Crippen LogP contribution in [0.25, 0.3) is 11.4 Å². The van der Waals surface area contributed by atoms with E-state index in [1.807, 2.05) is 19.1 Å². The Kier molecular flexibility index (Phi) is 8.34. The molecule has 0 aliphatic rings. The Morgan fingerprint density at radius 2 is 1.97 bits per heavy atom. The highest BCUT2D eigenvalue weighted by Crippen LogP contribution is 2.25. The summed E-state index contributed by atoms with van der Waals surface area (Å²) >= 11 is 1.25. The molecule has 3 aromatic rings. The van der Waals surface area contributed by atoms with Gasteiger partial charge in [0.05, 0.1) is 26.0 Å². The standard InChI is InChI=1S/C23H24N4O5S/c1-5-31-19-11-15(13-28)10-17(12-19)20(22(33-4)26-23(29)30-3)25-18-8-6-16(7-9-18)21-24-14(2)32-27-21/h6-12,28H,5,13H2,1-4H3/b25-20?,26-22-. The van der Waals surface area contributed by atoms with Crippen molar-refractivity contribution in [2.24, 2.45) is 9.98 Å². The van der Waals surface area contributed by atoms with Crippen molar-refractivity contribution < 1.29 is 23.9 Å². The van der Waals surface area contributed by atoms with Gasteiger partial charge in [0, 0.05) is 18.1 Å². The molecule has 0 fully saturated rings. The van der Waals surface area contributed by atoms with E-state index in [1.165, 1.54) is 18.9 Å². The van der Waals surface area contributed by atoms with Crippen molar-refractivity contribution in [1.82, 2.24) is 10.1 Å². The van der Waals surface area contributed by atoms with E-state index in [0.29, 0.717) is 51.6 Å². The molecule has 0 radical (unpaired) electrons. The number of nitrogens with zero attached hydrogens (tertiary/aromatic N) is 4. The van der Waals surface area contributed by atoms with Gasteiger partial charge in [0.2, 0.25) is 11.7 Å². The normalized spacial score (nSPS) is 12.0. The largest absolute Gasteiger partial charge is 0.494 e. The van der Waals surface area contributed by atoms with Gasteiger partial charge in [0.25, 0.3) is 0 Å². The number of rotatable bonds is 7. The number of aliphatic imine (C=N–C) groups is 2. The number of hydrogen-bond donors (Lipinski definition) is 1. The third-order valence-corrected chi connectivity index (χ3v) is 5.06. The number of carbonyl (C=O) groups is 1. The van der Waals surface area contributed by atoms with Crippen LogP contribution in [-0.4, -0.2) is 52.1 Å². The fourth-order valence-electron chi connectivity index (χ4n) is 2.93.